The lowest BCUT2D eigenvalue weighted by atomic mass is 9.82. The normalized spacial score (nSPS) is 20.1. The van der Waals surface area contributed by atoms with E-state index in [-0.39, 0.29) is 12.5 Å². The van der Waals surface area contributed by atoms with Crippen LogP contribution < -0.4 is 0 Å². The molecule has 5 aromatic carbocycles. The Labute approximate surface area is 338 Å². The van der Waals surface area contributed by atoms with E-state index in [2.05, 4.69) is 11.9 Å². The third-order valence-electron chi connectivity index (χ3n) is 10.6. The monoisotopic (exact) mass is 787 g/mol. The number of hydrogen-bond acceptors (Lipinski definition) is 6. The number of rotatable bonds is 16. The topological polar surface area (TPSA) is 59.0 Å². The fourth-order valence-corrected chi connectivity index (χ4v) is 7.52. The van der Waals surface area contributed by atoms with Gasteiger partial charge in [0, 0.05) is 23.9 Å². The number of halogens is 3. The fraction of sp³-hybridized carbons (Fsp3) is 0.286. The number of nitrogens with zero attached hydrogens (tertiary/aromatic N) is 1. The summed E-state index contributed by atoms with van der Waals surface area (Å²) in [7, 11) is 0. The molecule has 2 heterocycles. The minimum atomic E-state index is -4.50. The van der Waals surface area contributed by atoms with Crippen molar-refractivity contribution in [3.8, 4) is 11.1 Å². The minimum absolute atomic E-state index is 0.231. The van der Waals surface area contributed by atoms with E-state index < -0.39 is 42.3 Å². The molecule has 300 valence electrons. The van der Waals surface area contributed by atoms with Crippen LogP contribution in [-0.2, 0) is 56.3 Å². The summed E-state index contributed by atoms with van der Waals surface area (Å²) in [4.78, 5) is 3.89. The van der Waals surface area contributed by atoms with Crippen LogP contribution in [0.15, 0.2) is 158 Å². The second-order valence-electron chi connectivity index (χ2n) is 14.7. The number of aryl methyl sites for hydroxylation is 1. The van der Waals surface area contributed by atoms with Crippen molar-refractivity contribution in [1.82, 2.24) is 4.98 Å². The highest BCUT2D eigenvalue weighted by Crippen LogP contribution is 2.39. The Hall–Kier alpha value is -5.16. The summed E-state index contributed by atoms with van der Waals surface area (Å²) in [5, 5.41) is 0. The first kappa shape index (κ1) is 41.0. The molecule has 9 heteroatoms. The first-order chi connectivity index (χ1) is 28.2. The zero-order chi connectivity index (χ0) is 40.3. The lowest BCUT2D eigenvalue weighted by Crippen LogP contribution is -2.62. The van der Waals surface area contributed by atoms with Crippen molar-refractivity contribution >= 4 is 0 Å². The molecule has 0 saturated carbocycles. The first-order valence-corrected chi connectivity index (χ1v) is 19.6. The Morgan fingerprint density at radius 3 is 1.60 bits per heavy atom. The van der Waals surface area contributed by atoms with Crippen molar-refractivity contribution in [3.05, 3.63) is 197 Å². The highest BCUT2D eigenvalue weighted by Gasteiger charge is 2.50. The van der Waals surface area contributed by atoms with Gasteiger partial charge in [-0.25, -0.2) is 0 Å². The van der Waals surface area contributed by atoms with E-state index in [4.69, 9.17) is 23.7 Å². The molecule has 0 spiro atoms. The molecule has 0 N–H and O–H groups in total. The van der Waals surface area contributed by atoms with Gasteiger partial charge >= 0.3 is 6.18 Å². The summed E-state index contributed by atoms with van der Waals surface area (Å²) in [6, 6.07) is 46.8. The zero-order valence-electron chi connectivity index (χ0n) is 32.6. The summed E-state index contributed by atoms with van der Waals surface area (Å²) in [6.07, 6.45) is -5.06. The van der Waals surface area contributed by atoms with E-state index in [1.807, 2.05) is 146 Å². The molecule has 58 heavy (non-hydrogen) atoms. The molecular formula is C49H48F3NO5. The minimum Gasteiger partial charge on any atom is -0.374 e. The van der Waals surface area contributed by atoms with Gasteiger partial charge in [0.15, 0.2) is 0 Å². The highest BCUT2D eigenvalue weighted by atomic mass is 19.4. The van der Waals surface area contributed by atoms with Crippen molar-refractivity contribution in [3.63, 3.8) is 0 Å². The summed E-state index contributed by atoms with van der Waals surface area (Å²) in [5.74, 6) is -0.246. The molecule has 7 rings (SSSR count). The molecule has 0 unspecified atom stereocenters. The Bertz CT molecular complexity index is 2150. The maximum Gasteiger partial charge on any atom is 0.417 e. The Balaban J connectivity index is 1.25. The summed E-state index contributed by atoms with van der Waals surface area (Å²) in [5.41, 5.74) is 6.16. The molecule has 0 amide bonds. The zero-order valence-corrected chi connectivity index (χ0v) is 32.6. The lowest BCUT2D eigenvalue weighted by Gasteiger charge is -2.48. The number of pyridine rings is 1. The Kier molecular flexibility index (Phi) is 13.8. The van der Waals surface area contributed by atoms with Crippen LogP contribution in [0.3, 0.4) is 0 Å². The summed E-state index contributed by atoms with van der Waals surface area (Å²) < 4.78 is 75.0. The average molecular weight is 788 g/mol. The van der Waals surface area contributed by atoms with Crippen LogP contribution in [0.2, 0.25) is 0 Å². The third kappa shape index (κ3) is 10.7. The molecule has 1 aliphatic heterocycles. The van der Waals surface area contributed by atoms with Crippen LogP contribution in [0.5, 0.6) is 0 Å². The average Bonchev–Trinajstić information content (AvgIpc) is 3.25. The van der Waals surface area contributed by atoms with Gasteiger partial charge in [-0.1, -0.05) is 146 Å². The summed E-state index contributed by atoms with van der Waals surface area (Å²) >= 11 is 0. The molecule has 1 saturated heterocycles. The first-order valence-electron chi connectivity index (χ1n) is 19.6. The Morgan fingerprint density at radius 1 is 0.586 bits per heavy atom. The second-order valence-corrected chi connectivity index (χ2v) is 14.7. The molecule has 1 aliphatic rings. The van der Waals surface area contributed by atoms with Gasteiger partial charge in [0.25, 0.3) is 0 Å². The molecule has 0 aliphatic carbocycles. The number of alkyl halides is 3. The van der Waals surface area contributed by atoms with Crippen LogP contribution in [0.25, 0.3) is 11.1 Å². The van der Waals surface area contributed by atoms with Gasteiger partial charge in [0.05, 0.1) is 44.7 Å². The van der Waals surface area contributed by atoms with E-state index in [9.17, 15) is 13.2 Å². The number of hydrogen-bond donors (Lipinski definition) is 0. The van der Waals surface area contributed by atoms with E-state index in [0.29, 0.717) is 37.6 Å². The molecule has 0 radical (unpaired) electrons. The van der Waals surface area contributed by atoms with Gasteiger partial charge in [-0.2, -0.15) is 13.2 Å². The second kappa shape index (κ2) is 19.5. The summed E-state index contributed by atoms with van der Waals surface area (Å²) in [6.45, 7) is 5.64. The highest BCUT2D eigenvalue weighted by molar-refractivity contribution is 5.65. The lowest BCUT2D eigenvalue weighted by molar-refractivity contribution is -0.275. The predicted molar refractivity (Wildman–Crippen MR) is 218 cm³/mol. The predicted octanol–water partition coefficient (Wildman–Crippen LogP) is 10.9. The van der Waals surface area contributed by atoms with E-state index in [0.717, 1.165) is 45.6 Å². The SMILES string of the molecule is Cc1cc(-c2cncc(C(F)(F)F)c2)ccc1[C@@H](C)[C@H]1O[C@H](COCc2ccccc2)[C@@H](OCc2ccccc2)[C@H](OCc2ccccc2)[C@@H]1OCc1ccccc1. The molecule has 6 atom stereocenters. The van der Waals surface area contributed by atoms with E-state index >= 15 is 0 Å². The van der Waals surface area contributed by atoms with Crippen LogP contribution in [0.4, 0.5) is 13.2 Å². The Morgan fingerprint density at radius 2 is 1.09 bits per heavy atom. The molecule has 1 aromatic heterocycles. The van der Waals surface area contributed by atoms with Crippen LogP contribution >= 0.6 is 0 Å². The van der Waals surface area contributed by atoms with Gasteiger partial charge in [-0.15, -0.1) is 0 Å². The standard InChI is InChI=1S/C49H48F3NO5/c1-34-25-40(41-26-42(28-53-27-41)49(50,51)52)23-24-43(34)35(2)45-47(56-31-38-19-11-5-12-20-38)48(57-32-39-21-13-6-14-22-39)46(55-30-37-17-9-4-10-18-37)44(58-45)33-54-29-36-15-7-3-8-16-36/h3-28,35,44-48H,29-33H2,1-2H3/t35-,44-,45-,46-,47-,48+/m1/s1. The van der Waals surface area contributed by atoms with Gasteiger partial charge in [-0.3, -0.25) is 4.98 Å². The van der Waals surface area contributed by atoms with Gasteiger partial charge in [0.1, 0.15) is 24.4 Å². The number of benzene rings is 5. The van der Waals surface area contributed by atoms with Crippen LogP contribution in [-0.4, -0.2) is 42.1 Å². The van der Waals surface area contributed by atoms with Crippen molar-refractivity contribution in [2.45, 2.75) is 82.9 Å². The van der Waals surface area contributed by atoms with E-state index in [1.165, 1.54) is 6.20 Å². The number of aromatic nitrogens is 1. The van der Waals surface area contributed by atoms with Gasteiger partial charge in [0.2, 0.25) is 0 Å². The van der Waals surface area contributed by atoms with Crippen LogP contribution in [0.1, 0.15) is 51.8 Å². The van der Waals surface area contributed by atoms with E-state index in [1.54, 1.807) is 0 Å². The third-order valence-corrected chi connectivity index (χ3v) is 10.6. The maximum atomic E-state index is 13.6. The maximum absolute atomic E-state index is 13.6. The largest absolute Gasteiger partial charge is 0.417 e. The van der Waals surface area contributed by atoms with Crippen molar-refractivity contribution in [2.75, 3.05) is 6.61 Å². The smallest absolute Gasteiger partial charge is 0.374 e. The van der Waals surface area contributed by atoms with Gasteiger partial charge < -0.3 is 23.7 Å². The molecule has 0 bridgehead atoms. The fourth-order valence-electron chi connectivity index (χ4n) is 7.52. The molecule has 1 fully saturated rings. The van der Waals surface area contributed by atoms with Crippen molar-refractivity contribution < 1.29 is 36.9 Å². The molecule has 6 nitrogen and oxygen atoms in total. The van der Waals surface area contributed by atoms with Crippen molar-refractivity contribution in [2.24, 2.45) is 0 Å². The van der Waals surface area contributed by atoms with Crippen molar-refractivity contribution in [1.29, 1.82) is 0 Å². The van der Waals surface area contributed by atoms with Crippen LogP contribution in [0, 0.1) is 6.92 Å². The molecular weight excluding hydrogens is 740 g/mol. The quantitative estimate of drug-likeness (QED) is 0.0974. The number of ether oxygens (including phenoxy) is 5. The molecule has 6 aromatic rings. The van der Waals surface area contributed by atoms with Gasteiger partial charge in [-0.05, 0) is 51.9 Å².